The monoisotopic (exact) mass is 356 g/mol. The van der Waals surface area contributed by atoms with Crippen LogP contribution in [0.2, 0.25) is 0 Å². The van der Waals surface area contributed by atoms with Gasteiger partial charge < -0.3 is 20.1 Å². The van der Waals surface area contributed by atoms with Gasteiger partial charge >= 0.3 is 6.03 Å². The van der Waals surface area contributed by atoms with Crippen LogP contribution in [0.3, 0.4) is 0 Å². The van der Waals surface area contributed by atoms with E-state index in [1.807, 2.05) is 44.2 Å². The van der Waals surface area contributed by atoms with Crippen molar-refractivity contribution in [1.29, 1.82) is 0 Å². The fourth-order valence-corrected chi connectivity index (χ4v) is 1.82. The number of amides is 2. The smallest absolute Gasteiger partial charge is 0.318 e. The van der Waals surface area contributed by atoms with Gasteiger partial charge in [0.15, 0.2) is 6.29 Å². The Morgan fingerprint density at radius 1 is 1.24 bits per heavy atom. The molecular formula is C15H21BrN2O3. The molecular weight excluding hydrogens is 336 g/mol. The lowest BCUT2D eigenvalue weighted by Crippen LogP contribution is -2.39. The first-order chi connectivity index (χ1) is 10.2. The van der Waals surface area contributed by atoms with Gasteiger partial charge in [0.2, 0.25) is 0 Å². The number of carbonyl (C=O) groups is 1. The number of hydrogen-bond donors (Lipinski definition) is 2. The number of halogens is 1. The Morgan fingerprint density at radius 3 is 2.43 bits per heavy atom. The summed E-state index contributed by atoms with van der Waals surface area (Å²) in [5, 5.41) is 5.32. The lowest BCUT2D eigenvalue weighted by Gasteiger charge is -2.17. The van der Waals surface area contributed by atoms with Gasteiger partial charge in [0.05, 0.1) is 6.54 Å². The average Bonchev–Trinajstić information content (AvgIpc) is 2.47. The summed E-state index contributed by atoms with van der Waals surface area (Å²) in [6.07, 6.45) is 2.99. The van der Waals surface area contributed by atoms with E-state index in [9.17, 15) is 4.79 Å². The minimum absolute atomic E-state index is 0.298. The third kappa shape index (κ3) is 7.84. The van der Waals surface area contributed by atoms with E-state index in [2.05, 4.69) is 26.6 Å². The second-order valence-corrected chi connectivity index (χ2v) is 5.00. The van der Waals surface area contributed by atoms with Gasteiger partial charge in [0, 0.05) is 23.9 Å². The Hall–Kier alpha value is -1.37. The Bertz CT molecular complexity index is 443. The zero-order valence-electron chi connectivity index (χ0n) is 12.3. The van der Waals surface area contributed by atoms with Crippen molar-refractivity contribution in [1.82, 2.24) is 10.6 Å². The molecule has 2 amide bonds. The van der Waals surface area contributed by atoms with Crippen molar-refractivity contribution in [2.75, 3.05) is 19.8 Å². The van der Waals surface area contributed by atoms with Crippen LogP contribution in [-0.2, 0) is 9.47 Å². The maximum Gasteiger partial charge on any atom is 0.318 e. The predicted octanol–water partition coefficient (Wildman–Crippen LogP) is 3.12. The van der Waals surface area contributed by atoms with Crippen molar-refractivity contribution in [2.24, 2.45) is 0 Å². The van der Waals surface area contributed by atoms with E-state index in [0.717, 1.165) is 10.0 Å². The number of nitrogens with one attached hydrogen (secondary N) is 2. The molecule has 0 bridgehead atoms. The molecule has 0 aliphatic heterocycles. The Kier molecular flexibility index (Phi) is 8.73. The van der Waals surface area contributed by atoms with Crippen molar-refractivity contribution >= 4 is 28.0 Å². The van der Waals surface area contributed by atoms with Crippen LogP contribution in [0.5, 0.6) is 0 Å². The Morgan fingerprint density at radius 2 is 1.86 bits per heavy atom. The molecule has 1 aromatic rings. The summed E-state index contributed by atoms with van der Waals surface area (Å²) >= 11 is 3.37. The SMILES string of the molecule is CCOC(CNC(=O)N/C=C/c1ccc(Br)cc1)OCC. The van der Waals surface area contributed by atoms with E-state index < -0.39 is 6.29 Å². The van der Waals surface area contributed by atoms with Gasteiger partial charge in [-0.1, -0.05) is 28.1 Å². The number of hydrogen-bond acceptors (Lipinski definition) is 3. The van der Waals surface area contributed by atoms with Gasteiger partial charge in [-0.15, -0.1) is 0 Å². The molecule has 0 fully saturated rings. The molecule has 0 aromatic heterocycles. The van der Waals surface area contributed by atoms with Crippen LogP contribution in [0, 0.1) is 0 Å². The highest BCUT2D eigenvalue weighted by Gasteiger charge is 2.08. The maximum absolute atomic E-state index is 11.6. The molecule has 0 saturated heterocycles. The van der Waals surface area contributed by atoms with Crippen molar-refractivity contribution in [3.63, 3.8) is 0 Å². The highest BCUT2D eigenvalue weighted by atomic mass is 79.9. The number of benzene rings is 1. The normalized spacial score (nSPS) is 11.0. The van der Waals surface area contributed by atoms with Crippen LogP contribution in [0.25, 0.3) is 6.08 Å². The predicted molar refractivity (Wildman–Crippen MR) is 86.8 cm³/mol. The summed E-state index contributed by atoms with van der Waals surface area (Å²) in [5.41, 5.74) is 1.00. The van der Waals surface area contributed by atoms with Crippen molar-refractivity contribution in [3.8, 4) is 0 Å². The quantitative estimate of drug-likeness (QED) is 0.703. The molecule has 0 spiro atoms. The summed E-state index contributed by atoms with van der Waals surface area (Å²) in [7, 11) is 0. The van der Waals surface area contributed by atoms with Crippen molar-refractivity contribution in [3.05, 3.63) is 40.5 Å². The lowest BCUT2D eigenvalue weighted by atomic mass is 10.2. The van der Waals surface area contributed by atoms with Crippen LogP contribution in [0.4, 0.5) is 4.79 Å². The molecule has 0 aliphatic carbocycles. The van der Waals surface area contributed by atoms with E-state index in [1.165, 1.54) is 0 Å². The first-order valence-electron chi connectivity index (χ1n) is 6.85. The molecule has 0 heterocycles. The van der Waals surface area contributed by atoms with Gasteiger partial charge in [-0.3, -0.25) is 0 Å². The molecule has 0 unspecified atom stereocenters. The van der Waals surface area contributed by atoms with Crippen molar-refractivity contribution < 1.29 is 14.3 Å². The molecule has 6 heteroatoms. The minimum Gasteiger partial charge on any atom is -0.351 e. The molecule has 0 atom stereocenters. The maximum atomic E-state index is 11.6. The van der Waals surface area contributed by atoms with Crippen LogP contribution in [0.15, 0.2) is 34.9 Å². The van der Waals surface area contributed by atoms with Crippen LogP contribution in [-0.4, -0.2) is 32.1 Å². The van der Waals surface area contributed by atoms with E-state index in [0.29, 0.717) is 19.8 Å². The topological polar surface area (TPSA) is 59.6 Å². The second kappa shape index (κ2) is 10.4. The third-order valence-corrected chi connectivity index (χ3v) is 3.02. The first-order valence-corrected chi connectivity index (χ1v) is 7.64. The van der Waals surface area contributed by atoms with Crippen molar-refractivity contribution in [2.45, 2.75) is 20.1 Å². The van der Waals surface area contributed by atoms with E-state index in [1.54, 1.807) is 6.20 Å². The zero-order valence-corrected chi connectivity index (χ0v) is 13.9. The van der Waals surface area contributed by atoms with Crippen LogP contribution < -0.4 is 10.6 Å². The minimum atomic E-state index is -0.416. The molecule has 0 aliphatic rings. The van der Waals surface area contributed by atoms with Crippen LogP contribution >= 0.6 is 15.9 Å². The molecule has 0 radical (unpaired) electrons. The van der Waals surface area contributed by atoms with E-state index in [-0.39, 0.29) is 6.03 Å². The second-order valence-electron chi connectivity index (χ2n) is 4.08. The highest BCUT2D eigenvalue weighted by molar-refractivity contribution is 9.10. The lowest BCUT2D eigenvalue weighted by molar-refractivity contribution is -0.131. The number of carbonyl (C=O) groups excluding carboxylic acids is 1. The first kappa shape index (κ1) is 17.7. The molecule has 2 N–H and O–H groups in total. The van der Waals surface area contributed by atoms with Gasteiger partial charge in [-0.25, -0.2) is 4.79 Å². The average molecular weight is 357 g/mol. The number of ether oxygens (including phenoxy) is 2. The number of urea groups is 1. The largest absolute Gasteiger partial charge is 0.351 e. The molecule has 21 heavy (non-hydrogen) atoms. The van der Waals surface area contributed by atoms with Gasteiger partial charge in [0.25, 0.3) is 0 Å². The van der Waals surface area contributed by atoms with E-state index >= 15 is 0 Å². The summed E-state index contributed by atoms with van der Waals surface area (Å²) in [6, 6.07) is 7.47. The zero-order chi connectivity index (χ0) is 15.5. The third-order valence-electron chi connectivity index (χ3n) is 2.49. The number of rotatable bonds is 8. The Labute approximate surface area is 133 Å². The summed E-state index contributed by atoms with van der Waals surface area (Å²) < 4.78 is 11.7. The molecule has 5 nitrogen and oxygen atoms in total. The van der Waals surface area contributed by atoms with Crippen LogP contribution in [0.1, 0.15) is 19.4 Å². The fourth-order valence-electron chi connectivity index (χ4n) is 1.55. The highest BCUT2D eigenvalue weighted by Crippen LogP contribution is 2.11. The van der Waals surface area contributed by atoms with Gasteiger partial charge in [-0.05, 0) is 37.6 Å². The standard InChI is InChI=1S/C15H21BrN2O3/c1-3-20-14(21-4-2)11-18-15(19)17-10-9-12-5-7-13(16)8-6-12/h5-10,14H,3-4,11H2,1-2H3,(H2,17,18,19)/b10-9+. The summed E-state index contributed by atoms with van der Waals surface area (Å²) in [6.45, 7) is 5.15. The summed E-state index contributed by atoms with van der Waals surface area (Å²) in [4.78, 5) is 11.6. The Balaban J connectivity index is 2.31. The molecule has 1 rings (SSSR count). The molecule has 116 valence electrons. The van der Waals surface area contributed by atoms with E-state index in [4.69, 9.17) is 9.47 Å². The molecule has 1 aromatic carbocycles. The summed E-state index contributed by atoms with van der Waals surface area (Å²) in [5.74, 6) is 0. The van der Waals surface area contributed by atoms with Gasteiger partial charge in [-0.2, -0.15) is 0 Å². The van der Waals surface area contributed by atoms with Gasteiger partial charge in [0.1, 0.15) is 0 Å². The fraction of sp³-hybridized carbons (Fsp3) is 0.400. The molecule has 0 saturated carbocycles.